The number of benzene rings is 2. The molecule has 2 aromatic carbocycles. The minimum Gasteiger partial charge on any atom is -0.490 e. The van der Waals surface area contributed by atoms with Crippen molar-refractivity contribution in [3.63, 3.8) is 0 Å². The van der Waals surface area contributed by atoms with Gasteiger partial charge in [0, 0.05) is 31.8 Å². The van der Waals surface area contributed by atoms with Crippen LogP contribution < -0.4 is 4.74 Å². The largest absolute Gasteiger partial charge is 0.490 e. The van der Waals surface area contributed by atoms with E-state index < -0.39 is 5.60 Å². The van der Waals surface area contributed by atoms with Crippen LogP contribution in [0.3, 0.4) is 0 Å². The smallest absolute Gasteiger partial charge is 0.225 e. The maximum atomic E-state index is 13.3. The summed E-state index contributed by atoms with van der Waals surface area (Å²) in [5.41, 5.74) is 0.0943. The maximum Gasteiger partial charge on any atom is 0.225 e. The van der Waals surface area contributed by atoms with Crippen LogP contribution in [0.4, 0.5) is 0 Å². The Balaban J connectivity index is 1.45. The molecular formula is C28H35ClN2O5. The third-order valence-corrected chi connectivity index (χ3v) is 7.01. The highest BCUT2D eigenvalue weighted by molar-refractivity contribution is 6.30. The second-order valence-corrected chi connectivity index (χ2v) is 10.1. The van der Waals surface area contributed by atoms with Gasteiger partial charge in [-0.3, -0.25) is 9.59 Å². The zero-order valence-electron chi connectivity index (χ0n) is 20.9. The molecule has 0 radical (unpaired) electrons. The molecule has 2 amide bonds. The molecule has 2 aliphatic heterocycles. The van der Waals surface area contributed by atoms with Crippen LogP contribution in [-0.2, 0) is 25.6 Å². The third kappa shape index (κ3) is 7.45. The lowest BCUT2D eigenvalue weighted by atomic mass is 9.96. The van der Waals surface area contributed by atoms with Gasteiger partial charge in [-0.05, 0) is 49.1 Å². The average molecular weight is 515 g/mol. The van der Waals surface area contributed by atoms with E-state index in [2.05, 4.69) is 0 Å². The van der Waals surface area contributed by atoms with E-state index in [1.165, 1.54) is 0 Å². The van der Waals surface area contributed by atoms with Crippen LogP contribution in [0.2, 0.25) is 5.02 Å². The van der Waals surface area contributed by atoms with Crippen molar-refractivity contribution in [2.24, 2.45) is 0 Å². The normalized spacial score (nSPS) is 22.2. The van der Waals surface area contributed by atoms with E-state index in [-0.39, 0.29) is 37.5 Å². The van der Waals surface area contributed by atoms with Gasteiger partial charge >= 0.3 is 0 Å². The number of carbonyl (C=O) groups is 2. The number of amides is 2. The number of nitrogens with zero attached hydrogens (tertiary/aromatic N) is 2. The minimum absolute atomic E-state index is 0.0335. The van der Waals surface area contributed by atoms with Gasteiger partial charge in [0.15, 0.2) is 0 Å². The van der Waals surface area contributed by atoms with Crippen LogP contribution in [0, 0.1) is 0 Å². The Kier molecular flexibility index (Phi) is 9.24. The van der Waals surface area contributed by atoms with E-state index in [0.717, 1.165) is 24.8 Å². The molecular weight excluding hydrogens is 480 g/mol. The number of halogens is 1. The van der Waals surface area contributed by atoms with E-state index in [4.69, 9.17) is 25.8 Å². The van der Waals surface area contributed by atoms with E-state index in [1.54, 1.807) is 41.1 Å². The standard InChI is InChI=1S/C28H35ClN2O5/c1-30(19-22-7-3-2-4-8-22)27(33)18-28(21-35-24-12-10-23(29)11-13-24)20-31(14-16-36-28)26(32)17-25-9-5-6-15-34-25/h2-4,7-8,10-13,25H,5-6,9,14-21H2,1H3/t25-,28+/m0/s1. The summed E-state index contributed by atoms with van der Waals surface area (Å²) in [6.07, 6.45) is 3.47. The first-order valence-electron chi connectivity index (χ1n) is 12.6. The Labute approximate surface area is 218 Å². The van der Waals surface area contributed by atoms with Crippen molar-refractivity contribution in [3.8, 4) is 5.75 Å². The molecule has 0 aliphatic carbocycles. The quantitative estimate of drug-likeness (QED) is 0.498. The van der Waals surface area contributed by atoms with Gasteiger partial charge in [-0.2, -0.15) is 0 Å². The summed E-state index contributed by atoms with van der Waals surface area (Å²) < 4.78 is 18.1. The fraction of sp³-hybridized carbons (Fsp3) is 0.500. The Morgan fingerprint density at radius 1 is 1.11 bits per heavy atom. The highest BCUT2D eigenvalue weighted by Gasteiger charge is 2.42. The lowest BCUT2D eigenvalue weighted by molar-refractivity contribution is -0.167. The summed E-state index contributed by atoms with van der Waals surface area (Å²) in [6.45, 7) is 2.47. The fourth-order valence-electron chi connectivity index (χ4n) is 4.70. The van der Waals surface area contributed by atoms with Gasteiger partial charge in [0.05, 0.1) is 32.1 Å². The van der Waals surface area contributed by atoms with Crippen LogP contribution >= 0.6 is 11.6 Å². The zero-order chi connectivity index (χ0) is 25.4. The highest BCUT2D eigenvalue weighted by atomic mass is 35.5. The van der Waals surface area contributed by atoms with Gasteiger partial charge in [0.1, 0.15) is 18.0 Å². The second kappa shape index (κ2) is 12.6. The molecule has 36 heavy (non-hydrogen) atoms. The Bertz CT molecular complexity index is 997. The van der Waals surface area contributed by atoms with Gasteiger partial charge in [-0.25, -0.2) is 0 Å². The van der Waals surface area contributed by atoms with Crippen LogP contribution in [0.1, 0.15) is 37.7 Å². The van der Waals surface area contributed by atoms with E-state index >= 15 is 0 Å². The molecule has 7 nitrogen and oxygen atoms in total. The lowest BCUT2D eigenvalue weighted by Gasteiger charge is -2.43. The molecule has 2 saturated heterocycles. The summed E-state index contributed by atoms with van der Waals surface area (Å²) in [7, 11) is 1.79. The summed E-state index contributed by atoms with van der Waals surface area (Å²) in [4.78, 5) is 30.0. The number of carbonyl (C=O) groups excluding carboxylic acids is 2. The average Bonchev–Trinajstić information content (AvgIpc) is 2.89. The van der Waals surface area contributed by atoms with Crippen molar-refractivity contribution in [2.75, 3.05) is 40.0 Å². The molecule has 2 aromatic rings. The fourth-order valence-corrected chi connectivity index (χ4v) is 4.82. The van der Waals surface area contributed by atoms with Crippen LogP contribution in [0.5, 0.6) is 5.75 Å². The number of rotatable bonds is 9. The van der Waals surface area contributed by atoms with Crippen molar-refractivity contribution in [3.05, 3.63) is 65.2 Å². The molecule has 2 aliphatic rings. The molecule has 0 bridgehead atoms. The first-order chi connectivity index (χ1) is 17.4. The third-order valence-electron chi connectivity index (χ3n) is 6.75. The molecule has 2 fully saturated rings. The van der Waals surface area contributed by atoms with Crippen molar-refractivity contribution < 1.29 is 23.8 Å². The monoisotopic (exact) mass is 514 g/mol. The molecule has 2 atom stereocenters. The number of ether oxygens (including phenoxy) is 3. The first kappa shape index (κ1) is 26.5. The van der Waals surface area contributed by atoms with Crippen LogP contribution in [-0.4, -0.2) is 73.3 Å². The number of hydrogen-bond donors (Lipinski definition) is 0. The van der Waals surface area contributed by atoms with Gasteiger partial charge in [-0.1, -0.05) is 41.9 Å². The van der Waals surface area contributed by atoms with E-state index in [0.29, 0.717) is 43.5 Å². The summed E-state index contributed by atoms with van der Waals surface area (Å²) in [5.74, 6) is 0.598. The second-order valence-electron chi connectivity index (χ2n) is 9.69. The Hall–Kier alpha value is -2.61. The number of morpholine rings is 1. The van der Waals surface area contributed by atoms with Gasteiger partial charge in [0.2, 0.25) is 11.8 Å². The molecule has 2 heterocycles. The lowest BCUT2D eigenvalue weighted by Crippen LogP contribution is -2.58. The molecule has 0 N–H and O–H groups in total. The van der Waals surface area contributed by atoms with Crippen molar-refractivity contribution >= 4 is 23.4 Å². The molecule has 0 aromatic heterocycles. The maximum absolute atomic E-state index is 13.3. The van der Waals surface area contributed by atoms with Crippen molar-refractivity contribution in [1.29, 1.82) is 0 Å². The van der Waals surface area contributed by atoms with Crippen molar-refractivity contribution in [1.82, 2.24) is 9.80 Å². The van der Waals surface area contributed by atoms with Crippen molar-refractivity contribution in [2.45, 2.75) is 50.4 Å². The molecule has 0 spiro atoms. The first-order valence-corrected chi connectivity index (χ1v) is 13.0. The van der Waals surface area contributed by atoms with Crippen LogP contribution in [0.15, 0.2) is 54.6 Å². The summed E-state index contributed by atoms with van der Waals surface area (Å²) in [5, 5.41) is 0.616. The van der Waals surface area contributed by atoms with Crippen LogP contribution in [0.25, 0.3) is 0 Å². The zero-order valence-corrected chi connectivity index (χ0v) is 21.6. The predicted molar refractivity (Wildman–Crippen MR) is 138 cm³/mol. The Morgan fingerprint density at radius 2 is 1.89 bits per heavy atom. The molecule has 0 saturated carbocycles. The molecule has 4 rings (SSSR count). The van der Waals surface area contributed by atoms with E-state index in [9.17, 15) is 9.59 Å². The SMILES string of the molecule is CN(Cc1ccccc1)C(=O)C[C@]1(COc2ccc(Cl)cc2)CN(C(=O)C[C@@H]2CCCCO2)CCO1. The highest BCUT2D eigenvalue weighted by Crippen LogP contribution is 2.27. The molecule has 8 heteroatoms. The number of hydrogen-bond acceptors (Lipinski definition) is 5. The van der Waals surface area contributed by atoms with Gasteiger partial charge < -0.3 is 24.0 Å². The Morgan fingerprint density at radius 3 is 2.61 bits per heavy atom. The molecule has 194 valence electrons. The minimum atomic E-state index is -0.955. The van der Waals surface area contributed by atoms with Gasteiger partial charge in [0.25, 0.3) is 0 Å². The summed E-state index contributed by atoms with van der Waals surface area (Å²) >= 11 is 6.01. The van der Waals surface area contributed by atoms with E-state index in [1.807, 2.05) is 30.3 Å². The van der Waals surface area contributed by atoms with Gasteiger partial charge in [-0.15, -0.1) is 0 Å². The topological polar surface area (TPSA) is 68.3 Å². The predicted octanol–water partition coefficient (Wildman–Crippen LogP) is 4.32. The molecule has 0 unspecified atom stereocenters. The summed E-state index contributed by atoms with van der Waals surface area (Å²) in [6, 6.07) is 16.9.